The van der Waals surface area contributed by atoms with Crippen LogP contribution in [0.1, 0.15) is 39.0 Å². The van der Waals surface area contributed by atoms with E-state index in [2.05, 4.69) is 6.92 Å². The Morgan fingerprint density at radius 3 is 2.27 bits per heavy atom. The van der Waals surface area contributed by atoms with Gasteiger partial charge in [-0.15, -0.1) is 0 Å². The summed E-state index contributed by atoms with van der Waals surface area (Å²) in [5, 5.41) is 17.4. The van der Waals surface area contributed by atoms with Crippen LogP contribution in [0.25, 0.3) is 0 Å². The Labute approximate surface area is 139 Å². The third-order valence-electron chi connectivity index (χ3n) is 3.11. The molecule has 1 atom stereocenters. The Kier molecular flexibility index (Phi) is 19.3. The summed E-state index contributed by atoms with van der Waals surface area (Å²) in [4.78, 5) is 0. The molecule has 0 spiro atoms. The number of aliphatic hydroxyl groups is 2. The average molecular weight is 339 g/mol. The van der Waals surface area contributed by atoms with Crippen LogP contribution in [-0.2, 0) is 14.2 Å². The van der Waals surface area contributed by atoms with Crippen LogP contribution in [-0.4, -0.2) is 74.1 Å². The van der Waals surface area contributed by atoms with Crippen LogP contribution in [0.15, 0.2) is 0 Å². The number of thioether (sulfide) groups is 1. The molecule has 0 saturated carbocycles. The first-order valence-electron chi connectivity index (χ1n) is 8.41. The van der Waals surface area contributed by atoms with Crippen LogP contribution in [0, 0.1) is 0 Å². The molecule has 0 aromatic heterocycles. The van der Waals surface area contributed by atoms with E-state index < -0.39 is 0 Å². The zero-order valence-electron chi connectivity index (χ0n) is 14.0. The van der Waals surface area contributed by atoms with Crippen LogP contribution in [0.5, 0.6) is 0 Å². The van der Waals surface area contributed by atoms with Crippen molar-refractivity contribution in [3.63, 3.8) is 0 Å². The minimum absolute atomic E-state index is 0.0499. The maximum atomic E-state index is 8.85. The fourth-order valence-electron chi connectivity index (χ4n) is 1.95. The lowest BCUT2D eigenvalue weighted by Crippen LogP contribution is -2.20. The minimum Gasteiger partial charge on any atom is -0.396 e. The lowest BCUT2D eigenvalue weighted by molar-refractivity contribution is -0.0109. The van der Waals surface area contributed by atoms with Gasteiger partial charge in [0, 0.05) is 11.5 Å². The Balaban J connectivity index is 3.58. The van der Waals surface area contributed by atoms with E-state index in [0.717, 1.165) is 17.9 Å². The van der Waals surface area contributed by atoms with Gasteiger partial charge in [0.15, 0.2) is 0 Å². The van der Waals surface area contributed by atoms with Gasteiger partial charge in [0.25, 0.3) is 0 Å². The third kappa shape index (κ3) is 16.5. The van der Waals surface area contributed by atoms with Crippen molar-refractivity contribution >= 4 is 11.8 Å². The van der Waals surface area contributed by atoms with Crippen molar-refractivity contribution < 1.29 is 24.4 Å². The first-order valence-corrected chi connectivity index (χ1v) is 9.57. The quantitative estimate of drug-likeness (QED) is 0.373. The summed E-state index contributed by atoms with van der Waals surface area (Å²) in [6.07, 6.45) is 6.33. The van der Waals surface area contributed by atoms with Gasteiger partial charge < -0.3 is 24.4 Å². The van der Waals surface area contributed by atoms with Gasteiger partial charge in [-0.25, -0.2) is 0 Å². The highest BCUT2D eigenvalue weighted by Gasteiger charge is 2.09. The molecule has 0 aliphatic rings. The molecule has 0 aromatic rings. The molecule has 0 aromatic carbocycles. The third-order valence-corrected chi connectivity index (χ3v) is 4.19. The van der Waals surface area contributed by atoms with Crippen molar-refractivity contribution in [2.45, 2.75) is 45.1 Å². The number of rotatable bonds is 18. The highest BCUT2D eigenvalue weighted by molar-refractivity contribution is 7.99. The molecule has 0 amide bonds. The molecule has 0 radical (unpaired) electrons. The van der Waals surface area contributed by atoms with E-state index >= 15 is 0 Å². The molecular weight excluding hydrogens is 304 g/mol. The van der Waals surface area contributed by atoms with Crippen molar-refractivity contribution in [3.05, 3.63) is 0 Å². The highest BCUT2D eigenvalue weighted by Crippen LogP contribution is 2.13. The maximum Gasteiger partial charge on any atom is 0.0704 e. The number of hydrogen-bond acceptors (Lipinski definition) is 6. The van der Waals surface area contributed by atoms with Gasteiger partial charge in [0.05, 0.1) is 52.4 Å². The lowest BCUT2D eigenvalue weighted by Gasteiger charge is -2.17. The van der Waals surface area contributed by atoms with E-state index in [1.807, 2.05) is 0 Å². The minimum atomic E-state index is 0.0499. The van der Waals surface area contributed by atoms with Crippen LogP contribution in [0.2, 0.25) is 0 Å². The first kappa shape index (κ1) is 22.1. The molecule has 6 heteroatoms. The number of hydrogen-bond donors (Lipinski definition) is 2. The second-order valence-corrected chi connectivity index (χ2v) is 6.24. The molecule has 5 nitrogen and oxygen atoms in total. The summed E-state index contributed by atoms with van der Waals surface area (Å²) in [5.41, 5.74) is 0. The predicted molar refractivity (Wildman–Crippen MR) is 91.6 cm³/mol. The largest absolute Gasteiger partial charge is 0.396 e. The summed E-state index contributed by atoms with van der Waals surface area (Å²) in [7, 11) is 0. The predicted octanol–water partition coefficient (Wildman–Crippen LogP) is 2.09. The Bertz CT molecular complexity index is 207. The molecule has 0 rings (SSSR count). The second-order valence-electron chi connectivity index (χ2n) is 5.09. The molecule has 0 heterocycles. The Morgan fingerprint density at radius 2 is 1.59 bits per heavy atom. The van der Waals surface area contributed by atoms with E-state index in [1.54, 1.807) is 11.8 Å². The molecule has 0 aliphatic heterocycles. The number of ether oxygens (including phenoxy) is 3. The molecule has 2 N–H and O–H groups in total. The molecule has 0 bridgehead atoms. The summed E-state index contributed by atoms with van der Waals surface area (Å²) in [5.74, 6) is 1.71. The molecule has 0 aliphatic carbocycles. The molecule has 0 saturated heterocycles. The molecule has 134 valence electrons. The zero-order chi connectivity index (χ0) is 16.3. The molecular formula is C16H34O5S. The van der Waals surface area contributed by atoms with E-state index in [0.29, 0.717) is 33.0 Å². The van der Waals surface area contributed by atoms with Gasteiger partial charge in [-0.2, -0.15) is 11.8 Å². The van der Waals surface area contributed by atoms with Gasteiger partial charge >= 0.3 is 0 Å². The standard InChI is InChI=1S/C16H34O5S/c1-2-3-4-5-6-16(15-22-14-8-18)21-13-12-20-11-10-19-9-7-17/h16-18H,2-15H2,1H3. The summed E-state index contributed by atoms with van der Waals surface area (Å²) >= 11 is 1.74. The van der Waals surface area contributed by atoms with Crippen molar-refractivity contribution in [1.29, 1.82) is 0 Å². The van der Waals surface area contributed by atoms with Crippen molar-refractivity contribution in [2.24, 2.45) is 0 Å². The normalized spacial score (nSPS) is 12.7. The highest BCUT2D eigenvalue weighted by atomic mass is 32.2. The molecule has 22 heavy (non-hydrogen) atoms. The summed E-state index contributed by atoms with van der Waals surface area (Å²) in [6, 6.07) is 0. The zero-order valence-corrected chi connectivity index (χ0v) is 14.8. The Morgan fingerprint density at radius 1 is 0.864 bits per heavy atom. The van der Waals surface area contributed by atoms with E-state index in [1.165, 1.54) is 25.7 Å². The maximum absolute atomic E-state index is 8.85. The topological polar surface area (TPSA) is 68.2 Å². The second kappa shape index (κ2) is 19.2. The van der Waals surface area contributed by atoms with Crippen molar-refractivity contribution in [1.82, 2.24) is 0 Å². The van der Waals surface area contributed by atoms with Gasteiger partial charge in [0.1, 0.15) is 0 Å². The van der Waals surface area contributed by atoms with E-state index in [9.17, 15) is 0 Å². The summed E-state index contributed by atoms with van der Waals surface area (Å²) < 4.78 is 16.4. The SMILES string of the molecule is CCCCCCC(CSCCO)OCCOCCOCCO. The van der Waals surface area contributed by atoms with Crippen LogP contribution >= 0.6 is 11.8 Å². The Hall–Kier alpha value is 0.150. The monoisotopic (exact) mass is 338 g/mol. The average Bonchev–Trinajstić information content (AvgIpc) is 2.53. The fourth-order valence-corrected chi connectivity index (χ4v) is 2.77. The molecule has 1 unspecified atom stereocenters. The first-order chi connectivity index (χ1) is 10.8. The van der Waals surface area contributed by atoms with E-state index in [-0.39, 0.29) is 19.3 Å². The van der Waals surface area contributed by atoms with Crippen LogP contribution in [0.4, 0.5) is 0 Å². The van der Waals surface area contributed by atoms with E-state index in [4.69, 9.17) is 24.4 Å². The summed E-state index contributed by atoms with van der Waals surface area (Å²) in [6.45, 7) is 5.06. The smallest absolute Gasteiger partial charge is 0.0704 e. The van der Waals surface area contributed by atoms with Crippen LogP contribution in [0.3, 0.4) is 0 Å². The van der Waals surface area contributed by atoms with Gasteiger partial charge in [-0.1, -0.05) is 32.6 Å². The lowest BCUT2D eigenvalue weighted by atomic mass is 10.1. The van der Waals surface area contributed by atoms with Gasteiger partial charge in [-0.05, 0) is 6.42 Å². The van der Waals surface area contributed by atoms with Gasteiger partial charge in [-0.3, -0.25) is 0 Å². The number of unbranched alkanes of at least 4 members (excludes halogenated alkanes) is 3. The van der Waals surface area contributed by atoms with Crippen molar-refractivity contribution in [2.75, 3.05) is 57.8 Å². The number of aliphatic hydroxyl groups excluding tert-OH is 2. The van der Waals surface area contributed by atoms with Gasteiger partial charge in [0.2, 0.25) is 0 Å². The van der Waals surface area contributed by atoms with Crippen molar-refractivity contribution in [3.8, 4) is 0 Å². The molecule has 0 fully saturated rings. The fraction of sp³-hybridized carbons (Fsp3) is 1.00. The van der Waals surface area contributed by atoms with Crippen LogP contribution < -0.4 is 0 Å².